The second-order valence-electron chi connectivity index (χ2n) is 9.51. The van der Waals surface area contributed by atoms with E-state index in [-0.39, 0.29) is 11.4 Å². The zero-order valence-corrected chi connectivity index (χ0v) is 26.6. The lowest BCUT2D eigenvalue weighted by molar-refractivity contribution is -0.157. The van der Waals surface area contributed by atoms with Crippen molar-refractivity contribution in [3.8, 4) is 0 Å². The van der Waals surface area contributed by atoms with E-state index in [0.29, 0.717) is 6.61 Å². The molecule has 0 atom stereocenters. The number of ether oxygens (including phenoxy) is 1. The monoisotopic (exact) mass is 580 g/mol. The highest BCUT2D eigenvalue weighted by molar-refractivity contribution is 5.76. The molecule has 0 aliphatic heterocycles. The van der Waals surface area contributed by atoms with Crippen LogP contribution < -0.4 is 0 Å². The molecule has 40 heavy (non-hydrogen) atoms. The molecule has 0 amide bonds. The number of carboxylic acid groups (broad SMARTS) is 4. The number of carboxylic acids is 4. The molecule has 0 aromatic rings. The summed E-state index contributed by atoms with van der Waals surface area (Å²) in [6, 6.07) is 0. The molecular formula is C30H60O10. The first kappa shape index (κ1) is 47.2. The van der Waals surface area contributed by atoms with Gasteiger partial charge in [0.1, 0.15) is 0 Å². The van der Waals surface area contributed by atoms with Crippen LogP contribution in [0.2, 0.25) is 0 Å². The van der Waals surface area contributed by atoms with Gasteiger partial charge in [0.15, 0.2) is 0 Å². The largest absolute Gasteiger partial charge is 0.481 e. The number of esters is 1. The van der Waals surface area contributed by atoms with Gasteiger partial charge in [0, 0.05) is 27.7 Å². The lowest BCUT2D eigenvalue weighted by Gasteiger charge is -2.32. The molecule has 0 saturated heterocycles. The molecule has 10 nitrogen and oxygen atoms in total. The fourth-order valence-electron chi connectivity index (χ4n) is 3.64. The zero-order valence-electron chi connectivity index (χ0n) is 26.6. The van der Waals surface area contributed by atoms with Crippen molar-refractivity contribution in [3.63, 3.8) is 0 Å². The smallest absolute Gasteiger partial charge is 0.312 e. The molecule has 0 spiro atoms. The van der Waals surface area contributed by atoms with E-state index >= 15 is 0 Å². The van der Waals surface area contributed by atoms with Gasteiger partial charge in [-0.1, -0.05) is 97.8 Å². The molecule has 0 heterocycles. The summed E-state index contributed by atoms with van der Waals surface area (Å²) < 4.78 is 5.54. The molecule has 0 unspecified atom stereocenters. The number of aliphatic carboxylic acids is 4. The minimum Gasteiger partial charge on any atom is -0.481 e. The van der Waals surface area contributed by atoms with E-state index in [0.717, 1.165) is 47.0 Å². The molecule has 0 aliphatic rings. The fraction of sp³-hybridized carbons (Fsp3) is 0.833. The first-order chi connectivity index (χ1) is 18.6. The summed E-state index contributed by atoms with van der Waals surface area (Å²) in [6.45, 7) is 13.5. The van der Waals surface area contributed by atoms with Crippen LogP contribution in [0.15, 0.2) is 0 Å². The SMILES string of the molecule is CC(=O)O.CC(=O)O.CC(=O)O.CC(=O)O.CCCCCCC(CCCCCC)(CCCCCC)C(=O)OCC. The number of rotatable bonds is 17. The van der Waals surface area contributed by atoms with Crippen LogP contribution in [-0.2, 0) is 28.7 Å². The Hall–Kier alpha value is -2.65. The lowest BCUT2D eigenvalue weighted by Crippen LogP contribution is -2.33. The van der Waals surface area contributed by atoms with Crippen LogP contribution in [0.5, 0.6) is 0 Å². The summed E-state index contributed by atoms with van der Waals surface area (Å²) in [4.78, 5) is 48.8. The second-order valence-corrected chi connectivity index (χ2v) is 9.51. The van der Waals surface area contributed by atoms with Crippen molar-refractivity contribution in [2.45, 2.75) is 152 Å². The maximum absolute atomic E-state index is 12.8. The van der Waals surface area contributed by atoms with Gasteiger partial charge in [-0.2, -0.15) is 0 Å². The molecule has 0 saturated carbocycles. The number of hydrogen-bond donors (Lipinski definition) is 4. The van der Waals surface area contributed by atoms with Gasteiger partial charge in [-0.3, -0.25) is 24.0 Å². The van der Waals surface area contributed by atoms with Gasteiger partial charge in [0.05, 0.1) is 12.0 Å². The number of carbonyl (C=O) groups is 5. The molecule has 0 aromatic carbocycles. The minimum atomic E-state index is -0.833. The first-order valence-corrected chi connectivity index (χ1v) is 14.5. The van der Waals surface area contributed by atoms with E-state index in [2.05, 4.69) is 20.8 Å². The summed E-state index contributed by atoms with van der Waals surface area (Å²) in [6.07, 6.45) is 18.0. The van der Waals surface area contributed by atoms with Crippen molar-refractivity contribution in [1.29, 1.82) is 0 Å². The van der Waals surface area contributed by atoms with E-state index < -0.39 is 23.9 Å². The van der Waals surface area contributed by atoms with E-state index in [1.807, 2.05) is 6.92 Å². The van der Waals surface area contributed by atoms with E-state index in [1.54, 1.807) is 0 Å². The maximum Gasteiger partial charge on any atom is 0.312 e. The Kier molecular flexibility index (Phi) is 42.9. The highest BCUT2D eigenvalue weighted by atomic mass is 16.5. The average Bonchev–Trinajstić information content (AvgIpc) is 2.80. The summed E-state index contributed by atoms with van der Waals surface area (Å²) in [5.41, 5.74) is -0.203. The molecule has 0 rings (SSSR count). The van der Waals surface area contributed by atoms with Gasteiger partial charge >= 0.3 is 5.97 Å². The lowest BCUT2D eigenvalue weighted by atomic mass is 9.74. The van der Waals surface area contributed by atoms with Crippen molar-refractivity contribution in [3.05, 3.63) is 0 Å². The van der Waals surface area contributed by atoms with E-state index in [9.17, 15) is 4.79 Å². The quantitative estimate of drug-likeness (QED) is 0.0980. The average molecular weight is 581 g/mol. The molecule has 240 valence electrons. The van der Waals surface area contributed by atoms with Crippen LogP contribution in [0.25, 0.3) is 0 Å². The van der Waals surface area contributed by atoms with E-state index in [4.69, 9.17) is 44.3 Å². The third-order valence-electron chi connectivity index (χ3n) is 5.24. The van der Waals surface area contributed by atoms with Gasteiger partial charge in [0.2, 0.25) is 0 Å². The maximum atomic E-state index is 12.8. The van der Waals surface area contributed by atoms with Crippen LogP contribution in [0.1, 0.15) is 152 Å². The normalized spacial score (nSPS) is 9.50. The molecule has 0 aromatic heterocycles. The predicted molar refractivity (Wildman–Crippen MR) is 159 cm³/mol. The Morgan fingerprint density at radius 1 is 0.475 bits per heavy atom. The summed E-state index contributed by atoms with van der Waals surface area (Å²) in [5, 5.41) is 29.7. The Morgan fingerprint density at radius 2 is 0.700 bits per heavy atom. The third-order valence-corrected chi connectivity index (χ3v) is 5.24. The summed E-state index contributed by atoms with van der Waals surface area (Å²) in [7, 11) is 0. The Balaban J connectivity index is -0.000000207. The topological polar surface area (TPSA) is 175 Å². The molecule has 0 radical (unpaired) electrons. The highest BCUT2D eigenvalue weighted by Crippen LogP contribution is 2.38. The second kappa shape index (κ2) is 36.4. The van der Waals surface area contributed by atoms with E-state index in [1.165, 1.54) is 77.0 Å². The molecule has 4 N–H and O–H groups in total. The van der Waals surface area contributed by atoms with Crippen LogP contribution in [0.3, 0.4) is 0 Å². The van der Waals surface area contributed by atoms with Crippen molar-refractivity contribution in [1.82, 2.24) is 0 Å². The zero-order chi connectivity index (χ0) is 32.4. The minimum absolute atomic E-state index is 0.0921. The first-order valence-electron chi connectivity index (χ1n) is 14.5. The van der Waals surface area contributed by atoms with Gasteiger partial charge in [-0.05, 0) is 26.2 Å². The Morgan fingerprint density at radius 3 is 0.875 bits per heavy atom. The van der Waals surface area contributed by atoms with Crippen molar-refractivity contribution < 1.29 is 49.1 Å². The van der Waals surface area contributed by atoms with Gasteiger partial charge in [-0.15, -0.1) is 0 Å². The number of unbranched alkanes of at least 4 members (excludes halogenated alkanes) is 9. The molecule has 0 fully saturated rings. The van der Waals surface area contributed by atoms with Crippen LogP contribution in [0, 0.1) is 5.41 Å². The Labute approximate surface area is 242 Å². The van der Waals surface area contributed by atoms with Gasteiger partial charge in [-0.25, -0.2) is 0 Å². The summed E-state index contributed by atoms with van der Waals surface area (Å²) in [5.74, 6) is -3.24. The third kappa shape index (κ3) is 55.8. The van der Waals surface area contributed by atoms with Gasteiger partial charge in [0.25, 0.3) is 23.9 Å². The molecule has 0 bridgehead atoms. The number of hydrogen-bond acceptors (Lipinski definition) is 6. The van der Waals surface area contributed by atoms with Crippen molar-refractivity contribution in [2.24, 2.45) is 5.41 Å². The highest BCUT2D eigenvalue weighted by Gasteiger charge is 2.38. The predicted octanol–water partition coefficient (Wildman–Crippen LogP) is 7.81. The summed E-state index contributed by atoms with van der Waals surface area (Å²) >= 11 is 0. The van der Waals surface area contributed by atoms with Crippen LogP contribution >= 0.6 is 0 Å². The Bertz CT molecular complexity index is 522. The molecule has 10 heteroatoms. The van der Waals surface area contributed by atoms with Crippen LogP contribution in [0.4, 0.5) is 0 Å². The van der Waals surface area contributed by atoms with Crippen molar-refractivity contribution >= 4 is 29.8 Å². The van der Waals surface area contributed by atoms with Crippen LogP contribution in [-0.4, -0.2) is 56.9 Å². The van der Waals surface area contributed by atoms with Crippen molar-refractivity contribution in [2.75, 3.05) is 6.61 Å². The molecule has 0 aliphatic carbocycles. The standard InChI is InChI=1S/C22H44O2.4C2H4O2/c1-5-9-12-15-18-22(21(23)24-8-4,19-16-13-10-6-2)20-17-14-11-7-3;4*1-2(3)4/h5-20H2,1-4H3;4*1H3,(H,3,4). The van der Waals surface area contributed by atoms with Gasteiger partial charge < -0.3 is 25.2 Å². The molecular weight excluding hydrogens is 520 g/mol. The fourth-order valence-corrected chi connectivity index (χ4v) is 3.64. The number of carbonyl (C=O) groups excluding carboxylic acids is 1.